The number of piperazine rings is 1. The zero-order chi connectivity index (χ0) is 13.7. The first kappa shape index (κ1) is 13.6. The predicted molar refractivity (Wildman–Crippen MR) is 78.1 cm³/mol. The summed E-state index contributed by atoms with van der Waals surface area (Å²) in [7, 11) is 0. The summed E-state index contributed by atoms with van der Waals surface area (Å²) in [4.78, 5) is 13.2. The molecule has 1 aromatic heterocycles. The second kappa shape index (κ2) is 6.38. The van der Waals surface area contributed by atoms with Crippen LogP contribution in [0.15, 0.2) is 23.3 Å². The maximum Gasteiger partial charge on any atom is 0.186 e. The predicted octanol–water partition coefficient (Wildman–Crippen LogP) is -0.00310. The Morgan fingerprint density at radius 1 is 1.26 bits per heavy atom. The summed E-state index contributed by atoms with van der Waals surface area (Å²) in [5.41, 5.74) is 11.6. The lowest BCUT2D eigenvalue weighted by atomic mass is 10.2. The van der Waals surface area contributed by atoms with Gasteiger partial charge in [0.2, 0.25) is 0 Å². The van der Waals surface area contributed by atoms with Crippen molar-refractivity contribution in [1.29, 1.82) is 0 Å². The SMILES string of the molecule is CCN1CCN(c2ccc(CN=C(N)N)cn2)CC1. The molecule has 2 heterocycles. The fourth-order valence-corrected chi connectivity index (χ4v) is 2.17. The number of hydrogen-bond acceptors (Lipinski definition) is 4. The van der Waals surface area contributed by atoms with Crippen LogP contribution in [-0.4, -0.2) is 48.6 Å². The second-order valence-electron chi connectivity index (χ2n) is 4.69. The highest BCUT2D eigenvalue weighted by Gasteiger charge is 2.16. The molecule has 1 fully saturated rings. The van der Waals surface area contributed by atoms with Crippen LogP contribution in [0.1, 0.15) is 12.5 Å². The summed E-state index contributed by atoms with van der Waals surface area (Å²) in [5.74, 6) is 1.14. The van der Waals surface area contributed by atoms with Gasteiger partial charge in [-0.1, -0.05) is 13.0 Å². The molecular weight excluding hydrogens is 240 g/mol. The number of aromatic nitrogens is 1. The first-order chi connectivity index (χ1) is 9.19. The monoisotopic (exact) mass is 262 g/mol. The molecule has 1 aliphatic heterocycles. The fourth-order valence-electron chi connectivity index (χ4n) is 2.17. The topological polar surface area (TPSA) is 83.8 Å². The van der Waals surface area contributed by atoms with Crippen LogP contribution in [0, 0.1) is 0 Å². The van der Waals surface area contributed by atoms with Crippen LogP contribution < -0.4 is 16.4 Å². The van der Waals surface area contributed by atoms with Gasteiger partial charge in [-0.25, -0.2) is 9.98 Å². The molecule has 0 aromatic carbocycles. The zero-order valence-electron chi connectivity index (χ0n) is 11.4. The zero-order valence-corrected chi connectivity index (χ0v) is 11.4. The normalized spacial score (nSPS) is 16.4. The Kier molecular flexibility index (Phi) is 4.57. The molecule has 1 saturated heterocycles. The number of nitrogens with zero attached hydrogens (tertiary/aromatic N) is 4. The van der Waals surface area contributed by atoms with Crippen molar-refractivity contribution in [2.75, 3.05) is 37.6 Å². The third kappa shape index (κ3) is 3.82. The van der Waals surface area contributed by atoms with E-state index in [0.29, 0.717) is 6.54 Å². The largest absolute Gasteiger partial charge is 0.370 e. The van der Waals surface area contributed by atoms with E-state index in [1.807, 2.05) is 18.3 Å². The quantitative estimate of drug-likeness (QED) is 0.589. The average Bonchev–Trinajstić information content (AvgIpc) is 2.46. The fraction of sp³-hybridized carbons (Fsp3) is 0.538. The Balaban J connectivity index is 1.93. The minimum atomic E-state index is 0.111. The van der Waals surface area contributed by atoms with E-state index in [2.05, 4.69) is 26.7 Å². The van der Waals surface area contributed by atoms with E-state index < -0.39 is 0 Å². The van der Waals surface area contributed by atoms with E-state index in [-0.39, 0.29) is 5.96 Å². The van der Waals surface area contributed by atoms with Crippen molar-refractivity contribution in [1.82, 2.24) is 9.88 Å². The first-order valence-electron chi connectivity index (χ1n) is 6.66. The van der Waals surface area contributed by atoms with Gasteiger partial charge in [0.05, 0.1) is 6.54 Å². The summed E-state index contributed by atoms with van der Waals surface area (Å²) in [5, 5.41) is 0. The summed E-state index contributed by atoms with van der Waals surface area (Å²) in [6, 6.07) is 4.07. The molecule has 0 atom stereocenters. The van der Waals surface area contributed by atoms with Crippen LogP contribution >= 0.6 is 0 Å². The molecule has 6 heteroatoms. The summed E-state index contributed by atoms with van der Waals surface area (Å²) >= 11 is 0. The van der Waals surface area contributed by atoms with Gasteiger partial charge in [-0.15, -0.1) is 0 Å². The van der Waals surface area contributed by atoms with Crippen LogP contribution in [0.5, 0.6) is 0 Å². The van der Waals surface area contributed by atoms with E-state index in [1.165, 1.54) is 0 Å². The molecule has 0 saturated carbocycles. The Morgan fingerprint density at radius 2 is 2.00 bits per heavy atom. The van der Waals surface area contributed by atoms with Crippen LogP contribution in [0.25, 0.3) is 0 Å². The van der Waals surface area contributed by atoms with Gasteiger partial charge < -0.3 is 21.3 Å². The van der Waals surface area contributed by atoms with Crippen LogP contribution in [0.4, 0.5) is 5.82 Å². The van der Waals surface area contributed by atoms with Crippen molar-refractivity contribution in [3.8, 4) is 0 Å². The Labute approximate surface area is 114 Å². The summed E-state index contributed by atoms with van der Waals surface area (Å²) in [6.07, 6.45) is 1.84. The second-order valence-corrected chi connectivity index (χ2v) is 4.69. The van der Waals surface area contributed by atoms with Crippen molar-refractivity contribution in [3.05, 3.63) is 23.9 Å². The summed E-state index contributed by atoms with van der Waals surface area (Å²) in [6.45, 7) is 8.09. The number of aliphatic imine (C=N–C) groups is 1. The molecule has 0 amide bonds. The highest BCUT2D eigenvalue weighted by molar-refractivity contribution is 5.75. The number of pyridine rings is 1. The number of anilines is 1. The van der Waals surface area contributed by atoms with E-state index in [9.17, 15) is 0 Å². The van der Waals surface area contributed by atoms with Gasteiger partial charge >= 0.3 is 0 Å². The smallest absolute Gasteiger partial charge is 0.186 e. The Morgan fingerprint density at radius 3 is 2.53 bits per heavy atom. The van der Waals surface area contributed by atoms with Crippen LogP contribution in [-0.2, 0) is 6.54 Å². The van der Waals surface area contributed by atoms with Crippen molar-refractivity contribution in [2.24, 2.45) is 16.5 Å². The van der Waals surface area contributed by atoms with E-state index >= 15 is 0 Å². The Hall–Kier alpha value is -1.82. The summed E-state index contributed by atoms with van der Waals surface area (Å²) < 4.78 is 0. The highest BCUT2D eigenvalue weighted by Crippen LogP contribution is 2.14. The standard InChI is InChI=1S/C13H22N6/c1-2-18-5-7-19(8-6-18)12-4-3-11(9-16-12)10-17-13(14)15/h3-4,9H,2,5-8,10H2,1H3,(H4,14,15,17). The van der Waals surface area contributed by atoms with Gasteiger partial charge in [-0.3, -0.25) is 0 Å². The van der Waals surface area contributed by atoms with Gasteiger partial charge in [0, 0.05) is 32.4 Å². The average molecular weight is 262 g/mol. The van der Waals surface area contributed by atoms with Crippen LogP contribution in [0.3, 0.4) is 0 Å². The molecule has 19 heavy (non-hydrogen) atoms. The molecule has 104 valence electrons. The van der Waals surface area contributed by atoms with Gasteiger partial charge in [-0.05, 0) is 18.2 Å². The third-order valence-electron chi connectivity index (χ3n) is 3.40. The number of rotatable bonds is 4. The first-order valence-corrected chi connectivity index (χ1v) is 6.66. The molecule has 2 rings (SSSR count). The third-order valence-corrected chi connectivity index (χ3v) is 3.40. The molecule has 0 aliphatic carbocycles. The number of hydrogen-bond donors (Lipinski definition) is 2. The van der Waals surface area contributed by atoms with E-state index in [0.717, 1.165) is 44.1 Å². The molecule has 1 aliphatic rings. The van der Waals surface area contributed by atoms with Gasteiger partial charge in [0.1, 0.15) is 5.82 Å². The highest BCUT2D eigenvalue weighted by atomic mass is 15.3. The van der Waals surface area contributed by atoms with Crippen molar-refractivity contribution in [3.63, 3.8) is 0 Å². The Bertz CT molecular complexity index is 415. The molecule has 0 radical (unpaired) electrons. The van der Waals surface area contributed by atoms with E-state index in [1.54, 1.807) is 0 Å². The molecule has 0 unspecified atom stereocenters. The molecule has 1 aromatic rings. The molecule has 0 bridgehead atoms. The maximum atomic E-state index is 5.31. The van der Waals surface area contributed by atoms with Gasteiger partial charge in [0.15, 0.2) is 5.96 Å². The van der Waals surface area contributed by atoms with E-state index in [4.69, 9.17) is 11.5 Å². The van der Waals surface area contributed by atoms with Gasteiger partial charge in [-0.2, -0.15) is 0 Å². The lowest BCUT2D eigenvalue weighted by Crippen LogP contribution is -2.46. The van der Waals surface area contributed by atoms with Gasteiger partial charge in [0.25, 0.3) is 0 Å². The molecule has 0 spiro atoms. The molecule has 6 nitrogen and oxygen atoms in total. The van der Waals surface area contributed by atoms with Crippen molar-refractivity contribution >= 4 is 11.8 Å². The number of nitrogens with two attached hydrogens (primary N) is 2. The lowest BCUT2D eigenvalue weighted by molar-refractivity contribution is 0.270. The minimum Gasteiger partial charge on any atom is -0.370 e. The maximum absolute atomic E-state index is 5.31. The lowest BCUT2D eigenvalue weighted by Gasteiger charge is -2.34. The van der Waals surface area contributed by atoms with Crippen molar-refractivity contribution in [2.45, 2.75) is 13.5 Å². The molecular formula is C13H22N6. The minimum absolute atomic E-state index is 0.111. The van der Waals surface area contributed by atoms with Crippen LogP contribution in [0.2, 0.25) is 0 Å². The van der Waals surface area contributed by atoms with Crippen molar-refractivity contribution < 1.29 is 0 Å². The number of likely N-dealkylation sites (N-methyl/N-ethyl adjacent to an activating group) is 1. The molecule has 4 N–H and O–H groups in total. The number of guanidine groups is 1.